The Kier molecular flexibility index (Phi) is 5.70. The number of carbonyl (C=O) groups excluding carboxylic acids is 1. The number of rotatable bonds is 6. The van der Waals surface area contributed by atoms with Crippen LogP contribution >= 0.6 is 0 Å². The molecule has 0 aliphatic heterocycles. The molecule has 3 nitrogen and oxygen atoms in total. The van der Waals surface area contributed by atoms with E-state index in [9.17, 15) is 4.79 Å². The molecule has 0 spiro atoms. The van der Waals surface area contributed by atoms with Crippen molar-refractivity contribution in [1.82, 2.24) is 4.90 Å². The molecule has 0 aromatic heterocycles. The molecule has 94 valence electrons. The smallest absolute Gasteiger partial charge is 0.226 e. The van der Waals surface area contributed by atoms with Crippen molar-refractivity contribution in [2.75, 3.05) is 19.6 Å². The second-order valence-electron chi connectivity index (χ2n) is 4.28. The predicted octanol–water partition coefficient (Wildman–Crippen LogP) is 1.73. The second kappa shape index (κ2) is 7.07. The van der Waals surface area contributed by atoms with Crippen LogP contribution in [0.2, 0.25) is 0 Å². The van der Waals surface area contributed by atoms with Gasteiger partial charge in [-0.25, -0.2) is 0 Å². The van der Waals surface area contributed by atoms with Crippen LogP contribution in [-0.4, -0.2) is 30.4 Å². The summed E-state index contributed by atoms with van der Waals surface area (Å²) in [6.45, 7) is 6.20. The fraction of sp³-hybridized carbons (Fsp3) is 0.500. The zero-order valence-electron chi connectivity index (χ0n) is 10.8. The van der Waals surface area contributed by atoms with Crippen molar-refractivity contribution in [3.05, 3.63) is 35.4 Å². The van der Waals surface area contributed by atoms with Crippen LogP contribution in [0.15, 0.2) is 24.3 Å². The summed E-state index contributed by atoms with van der Waals surface area (Å²) in [6.07, 6.45) is 1.35. The number of aryl methyl sites for hydroxylation is 1. The SMILES string of the molecule is CCN(CCCN)C(=O)Cc1ccc(C)cc1. The van der Waals surface area contributed by atoms with Crippen molar-refractivity contribution in [3.63, 3.8) is 0 Å². The van der Waals surface area contributed by atoms with Crippen LogP contribution in [-0.2, 0) is 11.2 Å². The number of amides is 1. The fourth-order valence-electron chi connectivity index (χ4n) is 1.73. The summed E-state index contributed by atoms with van der Waals surface area (Å²) in [6, 6.07) is 8.12. The van der Waals surface area contributed by atoms with Crippen molar-refractivity contribution in [2.24, 2.45) is 5.73 Å². The first kappa shape index (κ1) is 13.7. The van der Waals surface area contributed by atoms with Crippen LogP contribution < -0.4 is 5.73 Å². The van der Waals surface area contributed by atoms with E-state index in [0.717, 1.165) is 25.1 Å². The highest BCUT2D eigenvalue weighted by atomic mass is 16.2. The summed E-state index contributed by atoms with van der Waals surface area (Å²) in [5, 5.41) is 0. The van der Waals surface area contributed by atoms with Gasteiger partial charge in [-0.05, 0) is 32.4 Å². The number of likely N-dealkylation sites (N-methyl/N-ethyl adjacent to an activating group) is 1. The number of nitrogens with two attached hydrogens (primary N) is 1. The van der Waals surface area contributed by atoms with Gasteiger partial charge in [0.2, 0.25) is 5.91 Å². The molecule has 2 N–H and O–H groups in total. The molecule has 0 aliphatic rings. The largest absolute Gasteiger partial charge is 0.343 e. The van der Waals surface area contributed by atoms with Gasteiger partial charge in [-0.3, -0.25) is 4.79 Å². The lowest BCUT2D eigenvalue weighted by atomic mass is 10.1. The Labute approximate surface area is 104 Å². The van der Waals surface area contributed by atoms with Crippen LogP contribution in [0.5, 0.6) is 0 Å². The molecule has 0 unspecified atom stereocenters. The Bertz CT molecular complexity index is 346. The summed E-state index contributed by atoms with van der Waals surface area (Å²) in [5.41, 5.74) is 7.76. The van der Waals surface area contributed by atoms with E-state index in [0.29, 0.717) is 13.0 Å². The third-order valence-electron chi connectivity index (χ3n) is 2.84. The molecule has 0 aliphatic carbocycles. The van der Waals surface area contributed by atoms with Crippen LogP contribution in [0, 0.1) is 6.92 Å². The molecule has 0 bridgehead atoms. The standard InChI is InChI=1S/C14H22N2O/c1-3-16(10-4-9-15)14(17)11-13-7-5-12(2)6-8-13/h5-8H,3-4,9-11,15H2,1-2H3. The first-order valence-electron chi connectivity index (χ1n) is 6.20. The lowest BCUT2D eigenvalue weighted by molar-refractivity contribution is -0.130. The van der Waals surface area contributed by atoms with E-state index < -0.39 is 0 Å². The Morgan fingerprint density at radius 2 is 1.94 bits per heavy atom. The number of carbonyl (C=O) groups is 1. The second-order valence-corrected chi connectivity index (χ2v) is 4.28. The van der Waals surface area contributed by atoms with Crippen molar-refractivity contribution in [3.8, 4) is 0 Å². The molecule has 3 heteroatoms. The summed E-state index contributed by atoms with van der Waals surface area (Å²) >= 11 is 0. The molecule has 0 heterocycles. The van der Waals surface area contributed by atoms with Crippen LogP contribution in [0.1, 0.15) is 24.5 Å². The maximum absolute atomic E-state index is 12.0. The maximum atomic E-state index is 12.0. The summed E-state index contributed by atoms with van der Waals surface area (Å²) in [4.78, 5) is 13.9. The zero-order valence-corrected chi connectivity index (χ0v) is 10.8. The monoisotopic (exact) mass is 234 g/mol. The maximum Gasteiger partial charge on any atom is 0.226 e. The number of nitrogens with zero attached hydrogens (tertiary/aromatic N) is 1. The minimum absolute atomic E-state index is 0.185. The topological polar surface area (TPSA) is 46.3 Å². The van der Waals surface area contributed by atoms with Crippen molar-refractivity contribution >= 4 is 5.91 Å². The van der Waals surface area contributed by atoms with E-state index in [4.69, 9.17) is 5.73 Å². The average molecular weight is 234 g/mol. The van der Waals surface area contributed by atoms with Crippen molar-refractivity contribution < 1.29 is 4.79 Å². The summed E-state index contributed by atoms with van der Waals surface area (Å²) in [5.74, 6) is 0.185. The van der Waals surface area contributed by atoms with Gasteiger partial charge in [-0.15, -0.1) is 0 Å². The van der Waals surface area contributed by atoms with E-state index in [2.05, 4.69) is 0 Å². The predicted molar refractivity (Wildman–Crippen MR) is 70.8 cm³/mol. The Morgan fingerprint density at radius 3 is 2.47 bits per heavy atom. The third-order valence-corrected chi connectivity index (χ3v) is 2.84. The summed E-state index contributed by atoms with van der Waals surface area (Å²) < 4.78 is 0. The first-order chi connectivity index (χ1) is 8.17. The van der Waals surface area contributed by atoms with Gasteiger partial charge in [0.25, 0.3) is 0 Å². The number of benzene rings is 1. The Hall–Kier alpha value is -1.35. The van der Waals surface area contributed by atoms with Gasteiger partial charge in [-0.1, -0.05) is 29.8 Å². The van der Waals surface area contributed by atoms with E-state index in [1.165, 1.54) is 5.56 Å². The third kappa shape index (κ3) is 4.57. The van der Waals surface area contributed by atoms with Crippen molar-refractivity contribution in [2.45, 2.75) is 26.7 Å². The molecule has 0 saturated carbocycles. The summed E-state index contributed by atoms with van der Waals surface area (Å²) in [7, 11) is 0. The molecule has 0 saturated heterocycles. The zero-order chi connectivity index (χ0) is 12.7. The highest BCUT2D eigenvalue weighted by Crippen LogP contribution is 2.06. The first-order valence-corrected chi connectivity index (χ1v) is 6.20. The normalized spacial score (nSPS) is 10.3. The van der Waals surface area contributed by atoms with E-state index in [1.807, 2.05) is 43.0 Å². The van der Waals surface area contributed by atoms with Gasteiger partial charge in [0.15, 0.2) is 0 Å². The van der Waals surface area contributed by atoms with Gasteiger partial charge in [0.1, 0.15) is 0 Å². The molecule has 0 radical (unpaired) electrons. The van der Waals surface area contributed by atoms with Crippen LogP contribution in [0.25, 0.3) is 0 Å². The van der Waals surface area contributed by atoms with E-state index in [1.54, 1.807) is 0 Å². The number of hydrogen-bond acceptors (Lipinski definition) is 2. The molecule has 17 heavy (non-hydrogen) atoms. The van der Waals surface area contributed by atoms with E-state index in [-0.39, 0.29) is 5.91 Å². The molecule has 1 aromatic carbocycles. The van der Waals surface area contributed by atoms with Gasteiger partial charge < -0.3 is 10.6 Å². The number of hydrogen-bond donors (Lipinski definition) is 1. The molecule has 1 amide bonds. The minimum atomic E-state index is 0.185. The van der Waals surface area contributed by atoms with Gasteiger partial charge in [-0.2, -0.15) is 0 Å². The van der Waals surface area contributed by atoms with Gasteiger partial charge in [0.05, 0.1) is 6.42 Å². The highest BCUT2D eigenvalue weighted by molar-refractivity contribution is 5.78. The molecule has 0 atom stereocenters. The molecular weight excluding hydrogens is 212 g/mol. The molecule has 0 fully saturated rings. The van der Waals surface area contributed by atoms with E-state index >= 15 is 0 Å². The molecular formula is C14H22N2O. The van der Waals surface area contributed by atoms with Crippen LogP contribution in [0.3, 0.4) is 0 Å². The molecule has 1 aromatic rings. The fourth-order valence-corrected chi connectivity index (χ4v) is 1.73. The molecule has 1 rings (SSSR count). The average Bonchev–Trinajstić information content (AvgIpc) is 2.33. The lowest BCUT2D eigenvalue weighted by Crippen LogP contribution is -2.33. The Balaban J connectivity index is 2.54. The highest BCUT2D eigenvalue weighted by Gasteiger charge is 2.11. The minimum Gasteiger partial charge on any atom is -0.343 e. The quantitative estimate of drug-likeness (QED) is 0.815. The van der Waals surface area contributed by atoms with Crippen LogP contribution in [0.4, 0.5) is 0 Å². The lowest BCUT2D eigenvalue weighted by Gasteiger charge is -2.20. The van der Waals surface area contributed by atoms with Gasteiger partial charge >= 0.3 is 0 Å². The van der Waals surface area contributed by atoms with Crippen molar-refractivity contribution in [1.29, 1.82) is 0 Å². The van der Waals surface area contributed by atoms with Gasteiger partial charge in [0, 0.05) is 13.1 Å². The Morgan fingerprint density at radius 1 is 1.29 bits per heavy atom.